The summed E-state index contributed by atoms with van der Waals surface area (Å²) in [5.41, 5.74) is 5.85. The van der Waals surface area contributed by atoms with Crippen LogP contribution in [0.1, 0.15) is 46.5 Å². The minimum atomic E-state index is -0.367. The van der Waals surface area contributed by atoms with Crippen molar-refractivity contribution in [1.29, 1.82) is 0 Å². The van der Waals surface area contributed by atoms with Gasteiger partial charge in [-0.15, -0.1) is 0 Å². The van der Waals surface area contributed by atoms with Crippen molar-refractivity contribution >= 4 is 5.91 Å². The van der Waals surface area contributed by atoms with Gasteiger partial charge in [-0.3, -0.25) is 4.79 Å². The first kappa shape index (κ1) is 16.4. The Balaban J connectivity index is 3.88. The number of hydrogen-bond acceptors (Lipinski definition) is 3. The highest BCUT2D eigenvalue weighted by atomic mass is 16.5. The molecule has 0 aromatic carbocycles. The quantitative estimate of drug-likeness (QED) is 0.648. The van der Waals surface area contributed by atoms with Crippen molar-refractivity contribution in [3.05, 3.63) is 0 Å². The van der Waals surface area contributed by atoms with Gasteiger partial charge in [-0.2, -0.15) is 0 Å². The summed E-state index contributed by atoms with van der Waals surface area (Å²) >= 11 is 0. The molecule has 0 fully saturated rings. The van der Waals surface area contributed by atoms with Gasteiger partial charge in [0.2, 0.25) is 5.91 Å². The van der Waals surface area contributed by atoms with Crippen molar-refractivity contribution in [1.82, 2.24) is 5.32 Å². The van der Waals surface area contributed by atoms with Crippen molar-refractivity contribution < 1.29 is 9.53 Å². The van der Waals surface area contributed by atoms with Crippen LogP contribution < -0.4 is 11.1 Å². The molecule has 17 heavy (non-hydrogen) atoms. The third kappa shape index (κ3) is 8.16. The maximum Gasteiger partial charge on any atom is 0.236 e. The van der Waals surface area contributed by atoms with Gasteiger partial charge in [-0.1, -0.05) is 33.6 Å². The second-order valence-electron chi connectivity index (χ2n) is 5.37. The highest BCUT2D eigenvalue weighted by molar-refractivity contribution is 5.81. The first-order valence-electron chi connectivity index (χ1n) is 6.45. The highest BCUT2D eigenvalue weighted by Crippen LogP contribution is 2.18. The third-order valence-electron chi connectivity index (χ3n) is 2.93. The molecule has 1 atom stereocenters. The molecular weight excluding hydrogens is 216 g/mol. The van der Waals surface area contributed by atoms with Crippen LogP contribution in [-0.2, 0) is 9.53 Å². The van der Waals surface area contributed by atoms with E-state index in [0.717, 1.165) is 25.7 Å². The van der Waals surface area contributed by atoms with Crippen LogP contribution in [0.3, 0.4) is 0 Å². The molecule has 0 saturated heterocycles. The van der Waals surface area contributed by atoms with Gasteiger partial charge in [0.05, 0.1) is 6.04 Å². The molecule has 0 bridgehead atoms. The lowest BCUT2D eigenvalue weighted by molar-refractivity contribution is -0.123. The minimum Gasteiger partial charge on any atom is -0.385 e. The first-order chi connectivity index (χ1) is 7.93. The first-order valence-corrected chi connectivity index (χ1v) is 6.45. The Labute approximate surface area is 105 Å². The average molecular weight is 244 g/mol. The number of unbranched alkanes of at least 4 members (excludes halogenated alkanes) is 1. The number of methoxy groups -OCH3 is 1. The summed E-state index contributed by atoms with van der Waals surface area (Å²) in [6.07, 6.45) is 3.76. The van der Waals surface area contributed by atoms with E-state index < -0.39 is 0 Å². The molecule has 0 aromatic rings. The van der Waals surface area contributed by atoms with Crippen molar-refractivity contribution in [3.63, 3.8) is 0 Å². The standard InChI is InChI=1S/C13H28N2O2/c1-5-6-7-11(14)12(16)15-10-13(2,3)8-9-17-4/h11H,5-10,14H2,1-4H3,(H,15,16)/t11-/m0/s1. The number of nitrogens with two attached hydrogens (primary N) is 1. The smallest absolute Gasteiger partial charge is 0.236 e. The van der Waals surface area contributed by atoms with Gasteiger partial charge in [0.15, 0.2) is 0 Å². The topological polar surface area (TPSA) is 64.4 Å². The Morgan fingerprint density at radius 3 is 2.65 bits per heavy atom. The van der Waals surface area contributed by atoms with Crippen molar-refractivity contribution in [2.75, 3.05) is 20.3 Å². The normalized spacial score (nSPS) is 13.5. The summed E-state index contributed by atoms with van der Waals surface area (Å²) in [5.74, 6) is -0.0380. The summed E-state index contributed by atoms with van der Waals surface area (Å²) in [6.45, 7) is 7.69. The Bertz CT molecular complexity index is 217. The minimum absolute atomic E-state index is 0.0380. The molecule has 0 aliphatic rings. The van der Waals surface area contributed by atoms with Crippen LogP contribution in [0.15, 0.2) is 0 Å². The van der Waals surface area contributed by atoms with Crippen molar-refractivity contribution in [2.45, 2.75) is 52.5 Å². The second-order valence-corrected chi connectivity index (χ2v) is 5.37. The van der Waals surface area contributed by atoms with E-state index in [-0.39, 0.29) is 17.4 Å². The number of amides is 1. The fraction of sp³-hybridized carbons (Fsp3) is 0.923. The molecule has 102 valence electrons. The molecule has 4 nitrogen and oxygen atoms in total. The monoisotopic (exact) mass is 244 g/mol. The summed E-state index contributed by atoms with van der Waals surface area (Å²) in [7, 11) is 1.69. The summed E-state index contributed by atoms with van der Waals surface area (Å²) in [5, 5.41) is 2.92. The second kappa shape index (κ2) is 8.48. The Morgan fingerprint density at radius 1 is 1.47 bits per heavy atom. The van der Waals surface area contributed by atoms with E-state index in [0.29, 0.717) is 13.2 Å². The molecular formula is C13H28N2O2. The Kier molecular flexibility index (Phi) is 8.17. The summed E-state index contributed by atoms with van der Waals surface area (Å²) in [6, 6.07) is -0.367. The molecule has 3 N–H and O–H groups in total. The van der Waals surface area contributed by atoms with Gasteiger partial charge < -0.3 is 15.8 Å². The van der Waals surface area contributed by atoms with E-state index in [1.54, 1.807) is 7.11 Å². The highest BCUT2D eigenvalue weighted by Gasteiger charge is 2.20. The lowest BCUT2D eigenvalue weighted by Crippen LogP contribution is -2.44. The Hall–Kier alpha value is -0.610. The van der Waals surface area contributed by atoms with E-state index in [1.807, 2.05) is 0 Å². The molecule has 4 heteroatoms. The van der Waals surface area contributed by atoms with Crippen molar-refractivity contribution in [3.8, 4) is 0 Å². The van der Waals surface area contributed by atoms with Crippen LogP contribution >= 0.6 is 0 Å². The maximum absolute atomic E-state index is 11.7. The van der Waals surface area contributed by atoms with Crippen LogP contribution in [0, 0.1) is 5.41 Å². The molecule has 0 rings (SSSR count). The Morgan fingerprint density at radius 2 is 2.12 bits per heavy atom. The molecule has 0 spiro atoms. The lowest BCUT2D eigenvalue weighted by Gasteiger charge is -2.25. The van der Waals surface area contributed by atoms with Gasteiger partial charge in [0, 0.05) is 20.3 Å². The molecule has 0 saturated carbocycles. The van der Waals surface area contributed by atoms with E-state index in [1.165, 1.54) is 0 Å². The molecule has 0 unspecified atom stereocenters. The van der Waals surface area contributed by atoms with E-state index in [9.17, 15) is 4.79 Å². The number of carbonyl (C=O) groups excluding carboxylic acids is 1. The third-order valence-corrected chi connectivity index (χ3v) is 2.93. The molecule has 1 amide bonds. The van der Waals surface area contributed by atoms with Crippen LogP contribution in [-0.4, -0.2) is 32.2 Å². The molecule has 0 aliphatic carbocycles. The lowest BCUT2D eigenvalue weighted by atomic mass is 9.89. The number of ether oxygens (including phenoxy) is 1. The predicted octanol–water partition coefficient (Wildman–Crippen LogP) is 1.68. The zero-order valence-corrected chi connectivity index (χ0v) is 11.7. The molecule has 0 radical (unpaired) electrons. The SMILES string of the molecule is CCCC[C@H](N)C(=O)NCC(C)(C)CCOC. The summed E-state index contributed by atoms with van der Waals surface area (Å²) < 4.78 is 5.05. The summed E-state index contributed by atoms with van der Waals surface area (Å²) in [4.78, 5) is 11.7. The van der Waals surface area contributed by atoms with Crippen LogP contribution in [0.2, 0.25) is 0 Å². The molecule has 0 heterocycles. The van der Waals surface area contributed by atoms with Gasteiger partial charge in [-0.05, 0) is 18.3 Å². The number of nitrogens with one attached hydrogen (secondary N) is 1. The van der Waals surface area contributed by atoms with Gasteiger partial charge in [-0.25, -0.2) is 0 Å². The molecule has 0 aromatic heterocycles. The predicted molar refractivity (Wildman–Crippen MR) is 70.8 cm³/mol. The van der Waals surface area contributed by atoms with Crippen LogP contribution in [0.4, 0.5) is 0 Å². The maximum atomic E-state index is 11.7. The average Bonchev–Trinajstić information content (AvgIpc) is 2.30. The number of carbonyl (C=O) groups is 1. The fourth-order valence-electron chi connectivity index (χ4n) is 1.48. The van der Waals surface area contributed by atoms with Gasteiger partial charge >= 0.3 is 0 Å². The number of hydrogen-bond donors (Lipinski definition) is 2. The van der Waals surface area contributed by atoms with Crippen molar-refractivity contribution in [2.24, 2.45) is 11.1 Å². The van der Waals surface area contributed by atoms with E-state index >= 15 is 0 Å². The van der Waals surface area contributed by atoms with Gasteiger partial charge in [0.1, 0.15) is 0 Å². The van der Waals surface area contributed by atoms with Gasteiger partial charge in [0.25, 0.3) is 0 Å². The van der Waals surface area contributed by atoms with Crippen LogP contribution in [0.25, 0.3) is 0 Å². The van der Waals surface area contributed by atoms with Crippen LogP contribution in [0.5, 0.6) is 0 Å². The number of rotatable bonds is 9. The van der Waals surface area contributed by atoms with E-state index in [4.69, 9.17) is 10.5 Å². The van der Waals surface area contributed by atoms with E-state index in [2.05, 4.69) is 26.1 Å². The molecule has 0 aliphatic heterocycles. The largest absolute Gasteiger partial charge is 0.385 e. The zero-order chi connectivity index (χ0) is 13.3. The zero-order valence-electron chi connectivity index (χ0n) is 11.7. The fourth-order valence-corrected chi connectivity index (χ4v) is 1.48.